The normalized spacial score (nSPS) is 18.1. The Morgan fingerprint density at radius 2 is 1.93 bits per heavy atom. The molecule has 81 valence electrons. The Labute approximate surface area is 92.5 Å². The predicted octanol–water partition coefficient (Wildman–Crippen LogP) is 1.94. The zero-order valence-electron chi connectivity index (χ0n) is 9.66. The molecule has 0 saturated carbocycles. The van der Waals surface area contributed by atoms with Crippen LogP contribution in [0.1, 0.15) is 12.5 Å². The Kier molecular flexibility index (Phi) is 3.27. The second-order valence-corrected chi connectivity index (χ2v) is 4.17. The molecule has 1 radical (unpaired) electrons. The summed E-state index contributed by atoms with van der Waals surface area (Å²) in [6.45, 7) is 10.1. The standard InChI is InChI=1S/C13H19N2/c1-3-14-8-10-15(11-9-14)13-6-4-12(2)5-7-13/h4-6H,3,8-11H2,1-2H3. The zero-order chi connectivity index (χ0) is 10.7. The third-order valence-corrected chi connectivity index (χ3v) is 3.11. The van der Waals surface area contributed by atoms with Gasteiger partial charge in [-0.3, -0.25) is 0 Å². The number of anilines is 1. The first kappa shape index (κ1) is 10.5. The van der Waals surface area contributed by atoms with Gasteiger partial charge in [0, 0.05) is 37.9 Å². The van der Waals surface area contributed by atoms with Gasteiger partial charge in [-0.15, -0.1) is 0 Å². The Bertz CT molecular complexity index is 297. The molecule has 0 atom stereocenters. The molecule has 0 aliphatic carbocycles. The molecule has 1 aromatic rings. The summed E-state index contributed by atoms with van der Waals surface area (Å²) in [5.74, 6) is 0. The Morgan fingerprint density at radius 1 is 1.20 bits per heavy atom. The average Bonchev–Trinajstić information content (AvgIpc) is 2.30. The lowest BCUT2D eigenvalue weighted by Gasteiger charge is -2.35. The van der Waals surface area contributed by atoms with E-state index in [4.69, 9.17) is 0 Å². The summed E-state index contributed by atoms with van der Waals surface area (Å²) in [6.07, 6.45) is 0. The third kappa shape index (κ3) is 2.51. The first-order valence-corrected chi connectivity index (χ1v) is 5.75. The van der Waals surface area contributed by atoms with Crippen molar-refractivity contribution in [1.82, 2.24) is 4.90 Å². The van der Waals surface area contributed by atoms with Gasteiger partial charge in [0.25, 0.3) is 0 Å². The Balaban J connectivity index is 1.98. The van der Waals surface area contributed by atoms with Crippen LogP contribution in [0.5, 0.6) is 0 Å². The zero-order valence-corrected chi connectivity index (χ0v) is 9.66. The number of nitrogens with zero attached hydrogens (tertiary/aromatic N) is 2. The molecular formula is C13H19N2. The maximum Gasteiger partial charge on any atom is 0.0447 e. The summed E-state index contributed by atoms with van der Waals surface area (Å²) in [4.78, 5) is 4.91. The van der Waals surface area contributed by atoms with E-state index in [0.717, 1.165) is 13.1 Å². The van der Waals surface area contributed by atoms with E-state index in [-0.39, 0.29) is 0 Å². The van der Waals surface area contributed by atoms with Gasteiger partial charge in [0.15, 0.2) is 0 Å². The van der Waals surface area contributed by atoms with Crippen LogP contribution in [0.25, 0.3) is 0 Å². The highest BCUT2D eigenvalue weighted by Gasteiger charge is 2.15. The number of piperazine rings is 1. The van der Waals surface area contributed by atoms with Gasteiger partial charge in [-0.25, -0.2) is 0 Å². The molecule has 1 saturated heterocycles. The van der Waals surface area contributed by atoms with Crippen LogP contribution in [-0.4, -0.2) is 37.6 Å². The van der Waals surface area contributed by atoms with Crippen LogP contribution in [0, 0.1) is 13.0 Å². The average molecular weight is 203 g/mol. The highest BCUT2D eigenvalue weighted by Crippen LogP contribution is 2.16. The summed E-state index contributed by atoms with van der Waals surface area (Å²) < 4.78 is 0. The van der Waals surface area contributed by atoms with Gasteiger partial charge >= 0.3 is 0 Å². The van der Waals surface area contributed by atoms with Crippen LogP contribution in [0.15, 0.2) is 18.2 Å². The van der Waals surface area contributed by atoms with Crippen molar-refractivity contribution in [3.05, 3.63) is 29.8 Å². The number of hydrogen-bond donors (Lipinski definition) is 0. The van der Waals surface area contributed by atoms with Crippen molar-refractivity contribution in [3.63, 3.8) is 0 Å². The lowest BCUT2D eigenvalue weighted by Crippen LogP contribution is -2.46. The van der Waals surface area contributed by atoms with E-state index in [1.807, 2.05) is 0 Å². The summed E-state index contributed by atoms with van der Waals surface area (Å²) in [6, 6.07) is 9.76. The summed E-state index contributed by atoms with van der Waals surface area (Å²) in [5.41, 5.74) is 2.53. The molecule has 0 unspecified atom stereocenters. The molecule has 0 amide bonds. The van der Waals surface area contributed by atoms with Crippen LogP contribution in [0.3, 0.4) is 0 Å². The molecule has 1 heterocycles. The monoisotopic (exact) mass is 203 g/mol. The molecule has 2 heteroatoms. The van der Waals surface area contributed by atoms with E-state index in [0.29, 0.717) is 0 Å². The van der Waals surface area contributed by atoms with Crippen molar-refractivity contribution in [2.75, 3.05) is 37.6 Å². The fourth-order valence-corrected chi connectivity index (χ4v) is 2.00. The molecule has 2 nitrogen and oxygen atoms in total. The Morgan fingerprint density at radius 3 is 2.47 bits per heavy atom. The number of hydrogen-bond acceptors (Lipinski definition) is 2. The van der Waals surface area contributed by atoms with E-state index >= 15 is 0 Å². The van der Waals surface area contributed by atoms with Gasteiger partial charge in [0.2, 0.25) is 0 Å². The SMILES string of the molecule is CCN1CCN(c2[c]cc(C)cc2)CC1. The fraction of sp³-hybridized carbons (Fsp3) is 0.538. The van der Waals surface area contributed by atoms with Crippen LogP contribution < -0.4 is 4.90 Å². The van der Waals surface area contributed by atoms with Crippen LogP contribution in [0.4, 0.5) is 5.69 Å². The highest BCUT2D eigenvalue weighted by molar-refractivity contribution is 5.46. The van der Waals surface area contributed by atoms with Gasteiger partial charge in [-0.1, -0.05) is 18.6 Å². The second-order valence-electron chi connectivity index (χ2n) is 4.17. The minimum absolute atomic E-state index is 1.13. The molecule has 2 rings (SSSR count). The van der Waals surface area contributed by atoms with Gasteiger partial charge in [0.05, 0.1) is 0 Å². The molecule has 0 N–H and O–H groups in total. The molecule has 1 aromatic carbocycles. The smallest absolute Gasteiger partial charge is 0.0447 e. The van der Waals surface area contributed by atoms with E-state index in [1.54, 1.807) is 0 Å². The maximum absolute atomic E-state index is 3.35. The molecular weight excluding hydrogens is 184 g/mol. The lowest BCUT2D eigenvalue weighted by atomic mass is 10.2. The molecule has 0 aromatic heterocycles. The largest absolute Gasteiger partial charge is 0.368 e. The van der Waals surface area contributed by atoms with E-state index in [1.165, 1.54) is 30.9 Å². The van der Waals surface area contributed by atoms with Gasteiger partial charge < -0.3 is 9.80 Å². The minimum Gasteiger partial charge on any atom is -0.368 e. The lowest BCUT2D eigenvalue weighted by molar-refractivity contribution is 0.271. The first-order chi connectivity index (χ1) is 7.29. The highest BCUT2D eigenvalue weighted by atomic mass is 15.3. The Hall–Kier alpha value is -1.02. The van der Waals surface area contributed by atoms with Crippen molar-refractivity contribution in [2.24, 2.45) is 0 Å². The third-order valence-electron chi connectivity index (χ3n) is 3.11. The summed E-state index contributed by atoms with van der Waals surface area (Å²) in [5, 5.41) is 0. The van der Waals surface area contributed by atoms with Crippen LogP contribution in [-0.2, 0) is 0 Å². The quantitative estimate of drug-likeness (QED) is 0.724. The van der Waals surface area contributed by atoms with Crippen LogP contribution in [0.2, 0.25) is 0 Å². The van der Waals surface area contributed by atoms with Gasteiger partial charge in [0.1, 0.15) is 0 Å². The molecule has 0 spiro atoms. The fourth-order valence-electron chi connectivity index (χ4n) is 2.00. The van der Waals surface area contributed by atoms with E-state index < -0.39 is 0 Å². The molecule has 15 heavy (non-hydrogen) atoms. The van der Waals surface area contributed by atoms with Crippen molar-refractivity contribution in [1.29, 1.82) is 0 Å². The maximum atomic E-state index is 3.35. The molecule has 1 aliphatic rings. The van der Waals surface area contributed by atoms with E-state index in [2.05, 4.69) is 47.9 Å². The summed E-state index contributed by atoms with van der Waals surface area (Å²) in [7, 11) is 0. The number of benzene rings is 1. The van der Waals surface area contributed by atoms with Crippen molar-refractivity contribution in [3.8, 4) is 0 Å². The number of aryl methyl sites for hydroxylation is 1. The number of likely N-dealkylation sites (N-methyl/N-ethyl adjacent to an activating group) is 1. The second kappa shape index (κ2) is 4.67. The minimum atomic E-state index is 1.13. The van der Waals surface area contributed by atoms with Crippen molar-refractivity contribution >= 4 is 5.69 Å². The van der Waals surface area contributed by atoms with Crippen molar-refractivity contribution in [2.45, 2.75) is 13.8 Å². The summed E-state index contributed by atoms with van der Waals surface area (Å²) >= 11 is 0. The molecule has 1 aliphatic heterocycles. The number of rotatable bonds is 2. The molecule has 0 bridgehead atoms. The topological polar surface area (TPSA) is 6.48 Å². The van der Waals surface area contributed by atoms with Gasteiger partial charge in [-0.2, -0.15) is 0 Å². The van der Waals surface area contributed by atoms with Crippen molar-refractivity contribution < 1.29 is 0 Å². The van der Waals surface area contributed by atoms with Gasteiger partial charge in [-0.05, 0) is 25.6 Å². The van der Waals surface area contributed by atoms with Crippen LogP contribution >= 0.6 is 0 Å². The van der Waals surface area contributed by atoms with E-state index in [9.17, 15) is 0 Å². The molecule has 1 fully saturated rings. The first-order valence-electron chi connectivity index (χ1n) is 5.75. The predicted molar refractivity (Wildman–Crippen MR) is 64.3 cm³/mol.